The Hall–Kier alpha value is -2.19. The first kappa shape index (κ1) is 17.2. The summed E-state index contributed by atoms with van der Waals surface area (Å²) in [5.41, 5.74) is 2.61. The highest BCUT2D eigenvalue weighted by molar-refractivity contribution is 5.94. The minimum absolute atomic E-state index is 0.00934. The van der Waals surface area contributed by atoms with Crippen molar-refractivity contribution in [2.45, 2.75) is 45.1 Å². The average molecular weight is 359 g/mol. The molecule has 140 valence electrons. The standard InChI is InChI=1S/C18H25N5O3/c1-12-8-15-16(20-23(6-7-25-3)17(15)13(2)26-12)18(24)22-9-14(10-22)21-5-4-19-11-21/h4-5,11-14H,6-10H2,1-3H3/t12-,13+/m1/s1. The fourth-order valence-corrected chi connectivity index (χ4v) is 3.88. The molecule has 0 bridgehead atoms. The van der Waals surface area contributed by atoms with Gasteiger partial charge < -0.3 is 18.9 Å². The predicted octanol–water partition coefficient (Wildman–Crippen LogP) is 1.45. The molecule has 8 heteroatoms. The van der Waals surface area contributed by atoms with E-state index in [0.29, 0.717) is 44.4 Å². The molecule has 8 nitrogen and oxygen atoms in total. The molecule has 2 aliphatic heterocycles. The van der Waals surface area contributed by atoms with Crippen LogP contribution >= 0.6 is 0 Å². The molecule has 0 N–H and O–H groups in total. The van der Waals surface area contributed by atoms with E-state index in [0.717, 1.165) is 11.3 Å². The lowest BCUT2D eigenvalue weighted by Gasteiger charge is -2.39. The van der Waals surface area contributed by atoms with Crippen LogP contribution in [0.15, 0.2) is 18.7 Å². The Morgan fingerprint density at radius 1 is 1.38 bits per heavy atom. The summed E-state index contributed by atoms with van der Waals surface area (Å²) < 4.78 is 15.1. The van der Waals surface area contributed by atoms with Gasteiger partial charge in [0.2, 0.25) is 0 Å². The topological polar surface area (TPSA) is 74.4 Å². The van der Waals surface area contributed by atoms with Gasteiger partial charge in [0.05, 0.1) is 43.4 Å². The Bertz CT molecular complexity index is 779. The molecule has 0 saturated carbocycles. The molecule has 0 radical (unpaired) electrons. The second kappa shape index (κ2) is 6.85. The first-order valence-corrected chi connectivity index (χ1v) is 9.09. The van der Waals surface area contributed by atoms with Gasteiger partial charge in [-0.05, 0) is 13.8 Å². The normalized spacial score (nSPS) is 23.0. The van der Waals surface area contributed by atoms with Crippen molar-refractivity contribution >= 4 is 5.91 Å². The van der Waals surface area contributed by atoms with Crippen LogP contribution in [0, 0.1) is 0 Å². The minimum atomic E-state index is -0.0743. The molecule has 2 aromatic heterocycles. The number of rotatable bonds is 5. The molecule has 0 aromatic carbocycles. The van der Waals surface area contributed by atoms with Crippen LogP contribution < -0.4 is 0 Å². The second-order valence-electron chi connectivity index (χ2n) is 7.10. The van der Waals surface area contributed by atoms with E-state index in [1.54, 1.807) is 19.6 Å². The first-order chi connectivity index (χ1) is 12.6. The number of aromatic nitrogens is 4. The van der Waals surface area contributed by atoms with Gasteiger partial charge in [-0.2, -0.15) is 5.10 Å². The van der Waals surface area contributed by atoms with Crippen molar-refractivity contribution in [3.05, 3.63) is 35.7 Å². The van der Waals surface area contributed by atoms with Gasteiger partial charge in [-0.1, -0.05) is 0 Å². The highest BCUT2D eigenvalue weighted by Gasteiger charge is 2.38. The van der Waals surface area contributed by atoms with E-state index in [2.05, 4.69) is 14.6 Å². The molecule has 4 heterocycles. The van der Waals surface area contributed by atoms with Crippen LogP contribution in [0.5, 0.6) is 0 Å². The molecule has 1 fully saturated rings. The summed E-state index contributed by atoms with van der Waals surface area (Å²) in [7, 11) is 1.67. The van der Waals surface area contributed by atoms with Crippen LogP contribution in [-0.2, 0) is 22.4 Å². The van der Waals surface area contributed by atoms with Crippen LogP contribution in [0.2, 0.25) is 0 Å². The number of likely N-dealkylation sites (tertiary alicyclic amines) is 1. The lowest BCUT2D eigenvalue weighted by molar-refractivity contribution is -0.0102. The Labute approximate surface area is 152 Å². The number of hydrogen-bond acceptors (Lipinski definition) is 5. The van der Waals surface area contributed by atoms with E-state index in [1.807, 2.05) is 29.6 Å². The molecule has 2 atom stereocenters. The largest absolute Gasteiger partial charge is 0.383 e. The van der Waals surface area contributed by atoms with Gasteiger partial charge >= 0.3 is 0 Å². The number of imidazole rings is 1. The van der Waals surface area contributed by atoms with E-state index >= 15 is 0 Å². The predicted molar refractivity (Wildman–Crippen MR) is 93.9 cm³/mol. The van der Waals surface area contributed by atoms with Crippen molar-refractivity contribution in [2.24, 2.45) is 0 Å². The summed E-state index contributed by atoms with van der Waals surface area (Å²) in [6.07, 6.45) is 6.23. The van der Waals surface area contributed by atoms with E-state index in [9.17, 15) is 4.79 Å². The summed E-state index contributed by atoms with van der Waals surface area (Å²) in [4.78, 5) is 19.0. The fraction of sp³-hybridized carbons (Fsp3) is 0.611. The van der Waals surface area contributed by atoms with Crippen LogP contribution in [0.4, 0.5) is 0 Å². The van der Waals surface area contributed by atoms with Gasteiger partial charge in [-0.15, -0.1) is 0 Å². The number of carbonyl (C=O) groups is 1. The van der Waals surface area contributed by atoms with Gasteiger partial charge in [0.15, 0.2) is 5.69 Å². The minimum Gasteiger partial charge on any atom is -0.383 e. The maximum atomic E-state index is 13.1. The van der Waals surface area contributed by atoms with Crippen molar-refractivity contribution in [3.8, 4) is 0 Å². The number of ether oxygens (including phenoxy) is 2. The highest BCUT2D eigenvalue weighted by Crippen LogP contribution is 2.33. The molecular weight excluding hydrogens is 334 g/mol. The molecule has 26 heavy (non-hydrogen) atoms. The molecule has 4 rings (SSSR count). The van der Waals surface area contributed by atoms with E-state index in [4.69, 9.17) is 9.47 Å². The zero-order valence-electron chi connectivity index (χ0n) is 15.5. The monoisotopic (exact) mass is 359 g/mol. The Morgan fingerprint density at radius 2 is 2.19 bits per heavy atom. The van der Waals surface area contributed by atoms with Crippen LogP contribution in [0.25, 0.3) is 0 Å². The number of amides is 1. The van der Waals surface area contributed by atoms with Crippen LogP contribution in [0.1, 0.15) is 47.7 Å². The summed E-state index contributed by atoms with van der Waals surface area (Å²) in [6, 6.07) is 0.300. The molecule has 1 amide bonds. The third-order valence-corrected chi connectivity index (χ3v) is 5.21. The maximum absolute atomic E-state index is 13.1. The van der Waals surface area contributed by atoms with Gasteiger partial charge in [0, 0.05) is 44.6 Å². The summed E-state index contributed by atoms with van der Waals surface area (Å²) in [5.74, 6) is 0.00934. The smallest absolute Gasteiger partial charge is 0.274 e. The molecule has 0 aliphatic carbocycles. The zero-order valence-corrected chi connectivity index (χ0v) is 15.5. The Kier molecular flexibility index (Phi) is 4.54. The highest BCUT2D eigenvalue weighted by atomic mass is 16.5. The maximum Gasteiger partial charge on any atom is 0.274 e. The quantitative estimate of drug-likeness (QED) is 0.808. The Balaban J connectivity index is 1.57. The Morgan fingerprint density at radius 3 is 2.88 bits per heavy atom. The van der Waals surface area contributed by atoms with Gasteiger partial charge in [-0.25, -0.2) is 4.98 Å². The number of fused-ring (bicyclic) bond motifs is 1. The molecule has 1 saturated heterocycles. The zero-order chi connectivity index (χ0) is 18.3. The first-order valence-electron chi connectivity index (χ1n) is 9.09. The third kappa shape index (κ3) is 2.93. The van der Waals surface area contributed by atoms with E-state index in [1.165, 1.54) is 0 Å². The number of carbonyl (C=O) groups excluding carboxylic acids is 1. The van der Waals surface area contributed by atoms with Crippen molar-refractivity contribution in [1.29, 1.82) is 0 Å². The van der Waals surface area contributed by atoms with Crippen LogP contribution in [0.3, 0.4) is 0 Å². The number of hydrogen-bond donors (Lipinski definition) is 0. The SMILES string of the molecule is COCCn1nc(C(=O)N2CC(n3ccnc3)C2)c2c1[C@H](C)O[C@H](C)C2. The lowest BCUT2D eigenvalue weighted by Crippen LogP contribution is -2.50. The molecule has 2 aliphatic rings. The van der Waals surface area contributed by atoms with Crippen molar-refractivity contribution < 1.29 is 14.3 Å². The molecule has 2 aromatic rings. The van der Waals surface area contributed by atoms with Gasteiger partial charge in [0.25, 0.3) is 5.91 Å². The molecule has 0 spiro atoms. The number of methoxy groups -OCH3 is 1. The van der Waals surface area contributed by atoms with E-state index in [-0.39, 0.29) is 18.1 Å². The average Bonchev–Trinajstić information content (AvgIpc) is 3.19. The van der Waals surface area contributed by atoms with Crippen molar-refractivity contribution in [1.82, 2.24) is 24.2 Å². The lowest BCUT2D eigenvalue weighted by atomic mass is 9.98. The summed E-state index contributed by atoms with van der Waals surface area (Å²) in [6.45, 7) is 6.61. The second-order valence-corrected chi connectivity index (χ2v) is 7.10. The van der Waals surface area contributed by atoms with Gasteiger partial charge in [-0.3, -0.25) is 9.48 Å². The van der Waals surface area contributed by atoms with Gasteiger partial charge in [0.1, 0.15) is 0 Å². The molecular formula is C18H25N5O3. The van der Waals surface area contributed by atoms with Crippen LogP contribution in [-0.4, -0.2) is 63.0 Å². The third-order valence-electron chi connectivity index (χ3n) is 5.21. The van der Waals surface area contributed by atoms with Crippen molar-refractivity contribution in [3.63, 3.8) is 0 Å². The van der Waals surface area contributed by atoms with E-state index < -0.39 is 0 Å². The van der Waals surface area contributed by atoms with Crippen molar-refractivity contribution in [2.75, 3.05) is 26.8 Å². The number of nitrogens with zero attached hydrogens (tertiary/aromatic N) is 5. The molecule has 0 unspecified atom stereocenters. The summed E-state index contributed by atoms with van der Waals surface area (Å²) in [5, 5.41) is 4.65. The fourth-order valence-electron chi connectivity index (χ4n) is 3.88. The summed E-state index contributed by atoms with van der Waals surface area (Å²) >= 11 is 0.